The van der Waals surface area contributed by atoms with Crippen LogP contribution in [0.3, 0.4) is 0 Å². The molecule has 0 saturated carbocycles. The summed E-state index contributed by atoms with van der Waals surface area (Å²) >= 11 is 0. The second kappa shape index (κ2) is 14.4. The minimum atomic E-state index is -4.00. The molecule has 17 rings (SSSR count). The van der Waals surface area contributed by atoms with Crippen LogP contribution in [-0.2, 0) is 30.5 Å². The molecule has 11 aromatic carbocycles. The highest BCUT2D eigenvalue weighted by molar-refractivity contribution is 7.92. The Morgan fingerprint density at radius 2 is 0.553 bits per heavy atom. The van der Waals surface area contributed by atoms with Crippen LogP contribution in [0.15, 0.2) is 262 Å². The van der Waals surface area contributed by atoms with Crippen LogP contribution in [0, 0.1) is 0 Å². The van der Waals surface area contributed by atoms with Crippen LogP contribution < -0.4 is 0 Å². The van der Waals surface area contributed by atoms with Crippen LogP contribution in [-0.4, -0.2) is 26.0 Å². The van der Waals surface area contributed by atoms with E-state index >= 15 is 16.8 Å². The number of sulfone groups is 2. The average molecular weight is 1010 g/mol. The zero-order chi connectivity index (χ0) is 50.5. The molecule has 6 nitrogen and oxygen atoms in total. The van der Waals surface area contributed by atoms with E-state index in [0.29, 0.717) is 19.6 Å². The third-order valence-corrected chi connectivity index (χ3v) is 21.1. The van der Waals surface area contributed by atoms with Gasteiger partial charge in [0.2, 0.25) is 19.7 Å². The van der Waals surface area contributed by atoms with Crippen molar-refractivity contribution in [2.75, 3.05) is 0 Å². The molecule has 0 amide bonds. The lowest BCUT2D eigenvalue weighted by molar-refractivity contribution is 0.579. The minimum absolute atomic E-state index is 0.295. The zero-order valence-electron chi connectivity index (χ0n) is 40.4. The lowest BCUT2D eigenvalue weighted by Crippen LogP contribution is -2.36. The van der Waals surface area contributed by atoms with E-state index in [0.717, 1.165) is 122 Å². The topological polar surface area (TPSA) is 78.1 Å². The largest absolute Gasteiger partial charge is 0.309 e. The second-order valence-electron chi connectivity index (χ2n) is 20.6. The van der Waals surface area contributed by atoms with Crippen molar-refractivity contribution in [3.63, 3.8) is 0 Å². The first-order chi connectivity index (χ1) is 37.2. The Balaban J connectivity index is 0.891. The third kappa shape index (κ3) is 4.89. The molecule has 8 heteroatoms. The fraction of sp³-hybridized carbons (Fsp3) is 0.0294. The molecule has 13 aromatic rings. The normalized spacial score (nSPS) is 16.0. The Kier molecular flexibility index (Phi) is 8.01. The van der Waals surface area contributed by atoms with E-state index in [1.165, 1.54) is 0 Å². The van der Waals surface area contributed by atoms with E-state index in [9.17, 15) is 0 Å². The van der Waals surface area contributed by atoms with Crippen molar-refractivity contribution in [2.45, 2.75) is 30.4 Å². The van der Waals surface area contributed by atoms with Crippen molar-refractivity contribution in [1.29, 1.82) is 0 Å². The summed E-state index contributed by atoms with van der Waals surface area (Å²) < 4.78 is 65.5. The maximum Gasteiger partial charge on any atom is 0.207 e. The summed E-state index contributed by atoms with van der Waals surface area (Å²) in [5, 5.41) is 3.93. The molecule has 358 valence electrons. The first kappa shape index (κ1) is 42.3. The molecule has 2 spiro atoms. The van der Waals surface area contributed by atoms with Crippen molar-refractivity contribution >= 4 is 63.3 Å². The van der Waals surface area contributed by atoms with Gasteiger partial charge in [-0.25, -0.2) is 16.8 Å². The van der Waals surface area contributed by atoms with Crippen LogP contribution in [0.25, 0.3) is 77.2 Å². The van der Waals surface area contributed by atoms with Crippen LogP contribution in [0.4, 0.5) is 0 Å². The van der Waals surface area contributed by atoms with E-state index in [1.807, 2.05) is 72.8 Å². The number of benzene rings is 11. The highest BCUT2D eigenvalue weighted by atomic mass is 32.2. The van der Waals surface area contributed by atoms with Gasteiger partial charge in [-0.05, 0) is 140 Å². The first-order valence-corrected chi connectivity index (χ1v) is 28.5. The molecule has 0 radical (unpaired) electrons. The minimum Gasteiger partial charge on any atom is -0.309 e. The van der Waals surface area contributed by atoms with Gasteiger partial charge in [0.05, 0.1) is 52.5 Å². The van der Waals surface area contributed by atoms with Crippen LogP contribution in [0.5, 0.6) is 0 Å². The molecule has 0 fully saturated rings. The van der Waals surface area contributed by atoms with Gasteiger partial charge in [-0.1, -0.05) is 170 Å². The molecule has 0 bridgehead atoms. The van der Waals surface area contributed by atoms with Crippen molar-refractivity contribution < 1.29 is 16.8 Å². The smallest absolute Gasteiger partial charge is 0.207 e. The van der Waals surface area contributed by atoms with Gasteiger partial charge in [0.1, 0.15) is 0 Å². The fourth-order valence-electron chi connectivity index (χ4n) is 14.5. The van der Waals surface area contributed by atoms with Crippen LogP contribution in [0.1, 0.15) is 44.5 Å². The van der Waals surface area contributed by atoms with Gasteiger partial charge in [-0.2, -0.15) is 0 Å². The summed E-state index contributed by atoms with van der Waals surface area (Å²) in [6, 6.07) is 81.9. The average Bonchev–Trinajstić information content (AvgIpc) is 4.20. The van der Waals surface area contributed by atoms with E-state index in [-0.39, 0.29) is 0 Å². The predicted octanol–water partition coefficient (Wildman–Crippen LogP) is 14.9. The van der Waals surface area contributed by atoms with E-state index in [2.05, 4.69) is 167 Å². The number of aromatic nitrogens is 2. The highest BCUT2D eigenvalue weighted by Crippen LogP contribution is 2.63. The van der Waals surface area contributed by atoms with Gasteiger partial charge < -0.3 is 9.13 Å². The third-order valence-electron chi connectivity index (χ3n) is 17.4. The van der Waals surface area contributed by atoms with Crippen molar-refractivity contribution in [3.8, 4) is 33.6 Å². The molecular weight excluding hydrogens is 973 g/mol. The van der Waals surface area contributed by atoms with E-state index < -0.39 is 30.5 Å². The molecule has 76 heavy (non-hydrogen) atoms. The molecule has 4 aliphatic rings. The molecule has 2 aromatic heterocycles. The SMILES string of the molecule is O=S1(=O)c2ccccc2C2(c3ccccc3-c3ccccc32)c2cc3c4ccccc4n(-c4ccc(-n5c6ccccc6c6cc7c(cc65)S(=O)(=O)c5ccccc5C75c6ccccc6-c6ccccc65)cc4)c3cc21. The molecule has 0 atom stereocenters. The summed E-state index contributed by atoms with van der Waals surface area (Å²) in [7, 11) is -8.01. The summed E-state index contributed by atoms with van der Waals surface area (Å²) in [6.07, 6.45) is 0. The number of para-hydroxylation sites is 2. The lowest BCUT2D eigenvalue weighted by atomic mass is 9.67. The molecule has 4 heterocycles. The second-order valence-corrected chi connectivity index (χ2v) is 24.4. The van der Waals surface area contributed by atoms with Gasteiger partial charge in [0, 0.05) is 32.9 Å². The van der Waals surface area contributed by atoms with Gasteiger partial charge in [0.15, 0.2) is 0 Å². The monoisotopic (exact) mass is 1010 g/mol. The van der Waals surface area contributed by atoms with Crippen LogP contribution in [0.2, 0.25) is 0 Å². The molecule has 0 unspecified atom stereocenters. The number of hydrogen-bond donors (Lipinski definition) is 0. The maximum absolute atomic E-state index is 15.3. The summed E-state index contributed by atoms with van der Waals surface area (Å²) in [5.74, 6) is 0. The number of hydrogen-bond acceptors (Lipinski definition) is 4. The van der Waals surface area contributed by atoms with E-state index in [1.54, 1.807) is 12.1 Å². The van der Waals surface area contributed by atoms with Gasteiger partial charge in [-0.15, -0.1) is 0 Å². The van der Waals surface area contributed by atoms with Gasteiger partial charge >= 0.3 is 0 Å². The highest BCUT2D eigenvalue weighted by Gasteiger charge is 2.55. The first-order valence-electron chi connectivity index (χ1n) is 25.6. The van der Waals surface area contributed by atoms with E-state index in [4.69, 9.17) is 0 Å². The molecule has 2 aliphatic carbocycles. The van der Waals surface area contributed by atoms with Gasteiger partial charge in [-0.3, -0.25) is 0 Å². The summed E-state index contributed by atoms with van der Waals surface area (Å²) in [4.78, 5) is 1.22. The Morgan fingerprint density at radius 1 is 0.250 bits per heavy atom. The van der Waals surface area contributed by atoms with Crippen molar-refractivity contribution in [2.24, 2.45) is 0 Å². The molecular formula is C68H40N2O4S2. The quantitative estimate of drug-likeness (QED) is 0.173. The number of nitrogens with zero attached hydrogens (tertiary/aromatic N) is 2. The molecule has 2 aliphatic heterocycles. The van der Waals surface area contributed by atoms with Crippen molar-refractivity contribution in [1.82, 2.24) is 9.13 Å². The Hall–Kier alpha value is -9.08. The molecule has 0 saturated heterocycles. The standard InChI is InChI=1S/C68H40N2O4S2/c71-75(72)63-31-15-11-27-55(63)67(51-23-7-1-17-43(51)44-18-2-8-24-52(44)67)57-37-49-47-21-5-13-29-59(47)69(61(49)39-65(57)75)41-33-35-42(36-34-41)70-60-30-14-6-22-48(60)50-38-58-66(40-62(50)70)76(73,74)64-32-16-12-28-56(64)68(58)53-25-9-3-19-45(53)46-20-4-10-26-54(46)68/h1-40H. The van der Waals surface area contributed by atoms with Crippen molar-refractivity contribution in [3.05, 3.63) is 287 Å². The Labute approximate surface area is 437 Å². The van der Waals surface area contributed by atoms with Crippen LogP contribution >= 0.6 is 0 Å². The Bertz CT molecular complexity index is 4640. The number of rotatable bonds is 2. The predicted molar refractivity (Wildman–Crippen MR) is 301 cm³/mol. The maximum atomic E-state index is 15.3. The van der Waals surface area contributed by atoms with Gasteiger partial charge in [0.25, 0.3) is 0 Å². The molecule has 0 N–H and O–H groups in total. The zero-order valence-corrected chi connectivity index (χ0v) is 42.1. The fourth-order valence-corrected chi connectivity index (χ4v) is 18.1. The summed E-state index contributed by atoms with van der Waals surface area (Å²) in [6.45, 7) is 0. The summed E-state index contributed by atoms with van der Waals surface area (Å²) in [5.41, 5.74) is 15.1. The lowest BCUT2D eigenvalue weighted by Gasteiger charge is -2.39. The Morgan fingerprint density at radius 3 is 0.921 bits per heavy atom. The number of fused-ring (bicyclic) bond motifs is 24.